The van der Waals surface area contributed by atoms with Crippen molar-refractivity contribution >= 4 is 17.6 Å². The molecule has 0 aliphatic carbocycles. The summed E-state index contributed by atoms with van der Waals surface area (Å²) >= 11 is 5.98. The highest BCUT2D eigenvalue weighted by Crippen LogP contribution is 2.18. The molecule has 0 atom stereocenters. The molecule has 0 aromatic heterocycles. The topological polar surface area (TPSA) is 55.8 Å². The van der Waals surface area contributed by atoms with Crippen LogP contribution in [0.15, 0.2) is 18.2 Å². The first-order valence-corrected chi connectivity index (χ1v) is 6.55. The molecule has 0 heterocycles. The van der Waals surface area contributed by atoms with Gasteiger partial charge < -0.3 is 14.6 Å². The van der Waals surface area contributed by atoms with Crippen molar-refractivity contribution in [3.8, 4) is 0 Å². The van der Waals surface area contributed by atoms with Crippen molar-refractivity contribution < 1.29 is 19.4 Å². The molecule has 4 nitrogen and oxygen atoms in total. The van der Waals surface area contributed by atoms with Crippen molar-refractivity contribution in [2.75, 3.05) is 19.8 Å². The Hall–Kier alpha value is -1.10. The first-order valence-electron chi connectivity index (χ1n) is 6.18. The highest BCUT2D eigenvalue weighted by Gasteiger charge is 2.07. The maximum Gasteiger partial charge on any atom is 0.335 e. The van der Waals surface area contributed by atoms with Gasteiger partial charge in [0.05, 0.1) is 25.4 Å². The van der Waals surface area contributed by atoms with Crippen LogP contribution < -0.4 is 0 Å². The van der Waals surface area contributed by atoms with E-state index in [2.05, 4.69) is 13.8 Å². The summed E-state index contributed by atoms with van der Waals surface area (Å²) in [5, 5.41) is 9.22. The van der Waals surface area contributed by atoms with Gasteiger partial charge in [0.2, 0.25) is 0 Å². The van der Waals surface area contributed by atoms with Gasteiger partial charge in [-0.15, -0.1) is 0 Å². The highest BCUT2D eigenvalue weighted by atomic mass is 35.5. The van der Waals surface area contributed by atoms with Gasteiger partial charge in [-0.3, -0.25) is 0 Å². The van der Waals surface area contributed by atoms with Crippen LogP contribution in [0.5, 0.6) is 0 Å². The summed E-state index contributed by atoms with van der Waals surface area (Å²) in [4.78, 5) is 10.7. The Balaban J connectivity index is 2.32. The van der Waals surface area contributed by atoms with Crippen LogP contribution in [-0.4, -0.2) is 30.9 Å². The molecule has 0 aliphatic rings. The van der Waals surface area contributed by atoms with E-state index in [9.17, 15) is 4.79 Å². The lowest BCUT2D eigenvalue weighted by Crippen LogP contribution is -2.08. The SMILES string of the molecule is CC(C)COCCOCc1ccc(C(=O)O)cc1Cl. The fourth-order valence-corrected chi connectivity index (χ4v) is 1.65. The van der Waals surface area contributed by atoms with Gasteiger partial charge in [-0.1, -0.05) is 31.5 Å². The molecule has 1 rings (SSSR count). The number of carboxylic acid groups (broad SMARTS) is 1. The lowest BCUT2D eigenvalue weighted by atomic mass is 10.1. The molecule has 0 spiro atoms. The maximum absolute atomic E-state index is 10.7. The Morgan fingerprint density at radius 2 is 2.00 bits per heavy atom. The van der Waals surface area contributed by atoms with Crippen molar-refractivity contribution in [3.05, 3.63) is 34.3 Å². The van der Waals surface area contributed by atoms with E-state index in [0.717, 1.165) is 12.2 Å². The minimum absolute atomic E-state index is 0.175. The Morgan fingerprint density at radius 3 is 2.58 bits per heavy atom. The maximum atomic E-state index is 10.7. The lowest BCUT2D eigenvalue weighted by Gasteiger charge is -2.09. The van der Waals surface area contributed by atoms with Crippen molar-refractivity contribution in [1.29, 1.82) is 0 Å². The molecule has 0 unspecified atom stereocenters. The number of aromatic carboxylic acids is 1. The predicted molar refractivity (Wildman–Crippen MR) is 73.7 cm³/mol. The smallest absolute Gasteiger partial charge is 0.335 e. The van der Waals surface area contributed by atoms with Gasteiger partial charge in [0, 0.05) is 11.6 Å². The summed E-state index contributed by atoms with van der Waals surface area (Å²) in [6.07, 6.45) is 0. The van der Waals surface area contributed by atoms with Gasteiger partial charge in [-0.05, 0) is 23.6 Å². The molecular formula is C14H19ClO4. The lowest BCUT2D eigenvalue weighted by molar-refractivity contribution is 0.0314. The molecule has 106 valence electrons. The molecule has 0 amide bonds. The van der Waals surface area contributed by atoms with Crippen LogP contribution in [0.25, 0.3) is 0 Å². The summed E-state index contributed by atoms with van der Waals surface area (Å²) in [6.45, 7) is 6.28. The molecule has 5 heteroatoms. The van der Waals surface area contributed by atoms with Crippen molar-refractivity contribution in [2.24, 2.45) is 5.92 Å². The third kappa shape index (κ3) is 6.05. The van der Waals surface area contributed by atoms with Crippen molar-refractivity contribution in [2.45, 2.75) is 20.5 Å². The molecule has 0 saturated heterocycles. The first-order chi connectivity index (χ1) is 9.00. The second-order valence-corrected chi connectivity index (χ2v) is 5.04. The number of hydrogen-bond acceptors (Lipinski definition) is 3. The molecule has 0 bridgehead atoms. The van der Waals surface area contributed by atoms with Crippen molar-refractivity contribution in [1.82, 2.24) is 0 Å². The minimum Gasteiger partial charge on any atom is -0.478 e. The zero-order chi connectivity index (χ0) is 14.3. The summed E-state index contributed by atoms with van der Waals surface area (Å²) in [6, 6.07) is 4.61. The van der Waals surface area contributed by atoms with E-state index >= 15 is 0 Å². The van der Waals surface area contributed by atoms with Gasteiger partial charge in [0.15, 0.2) is 0 Å². The van der Waals surface area contributed by atoms with Crippen LogP contribution in [0.1, 0.15) is 29.8 Å². The van der Waals surface area contributed by atoms with Gasteiger partial charge in [-0.2, -0.15) is 0 Å². The van der Waals surface area contributed by atoms with Crippen LogP contribution in [0.4, 0.5) is 0 Å². The molecule has 1 aromatic rings. The highest BCUT2D eigenvalue weighted by molar-refractivity contribution is 6.31. The minimum atomic E-state index is -0.989. The summed E-state index contributed by atoms with van der Waals surface area (Å²) < 4.78 is 10.8. The van der Waals surface area contributed by atoms with E-state index in [0.29, 0.717) is 30.8 Å². The molecule has 0 saturated carbocycles. The third-order valence-electron chi connectivity index (χ3n) is 2.38. The van der Waals surface area contributed by atoms with E-state index in [4.69, 9.17) is 26.2 Å². The second kappa shape index (κ2) is 8.15. The van der Waals surface area contributed by atoms with E-state index in [1.54, 1.807) is 6.07 Å². The Kier molecular flexibility index (Phi) is 6.84. The first kappa shape index (κ1) is 16.0. The Morgan fingerprint density at radius 1 is 1.32 bits per heavy atom. The zero-order valence-corrected chi connectivity index (χ0v) is 11.9. The molecule has 0 radical (unpaired) electrons. The van der Waals surface area contributed by atoms with E-state index < -0.39 is 5.97 Å². The number of benzene rings is 1. The van der Waals surface area contributed by atoms with Crippen LogP contribution in [0.3, 0.4) is 0 Å². The number of rotatable bonds is 8. The standard InChI is InChI=1S/C14H19ClO4/c1-10(2)8-18-5-6-19-9-12-4-3-11(14(16)17)7-13(12)15/h3-4,7,10H,5-6,8-9H2,1-2H3,(H,16,17). The van der Waals surface area contributed by atoms with Gasteiger partial charge in [-0.25, -0.2) is 4.79 Å². The van der Waals surface area contributed by atoms with Gasteiger partial charge in [0.1, 0.15) is 0 Å². The average Bonchev–Trinajstić information content (AvgIpc) is 2.34. The molecular weight excluding hydrogens is 268 g/mol. The Bertz CT molecular complexity index is 418. The van der Waals surface area contributed by atoms with Crippen LogP contribution in [-0.2, 0) is 16.1 Å². The van der Waals surface area contributed by atoms with Crippen LogP contribution in [0.2, 0.25) is 5.02 Å². The Labute approximate surface area is 118 Å². The fourth-order valence-electron chi connectivity index (χ4n) is 1.42. The largest absolute Gasteiger partial charge is 0.478 e. The van der Waals surface area contributed by atoms with Crippen LogP contribution in [0, 0.1) is 5.92 Å². The normalized spacial score (nSPS) is 10.9. The molecule has 0 fully saturated rings. The quantitative estimate of drug-likeness (QED) is 0.746. The summed E-state index contributed by atoms with van der Waals surface area (Å²) in [5.74, 6) is -0.477. The number of carboxylic acids is 1. The monoisotopic (exact) mass is 286 g/mol. The number of halogens is 1. The van der Waals surface area contributed by atoms with E-state index in [1.165, 1.54) is 12.1 Å². The van der Waals surface area contributed by atoms with E-state index in [1.807, 2.05) is 0 Å². The van der Waals surface area contributed by atoms with Crippen LogP contribution >= 0.6 is 11.6 Å². The third-order valence-corrected chi connectivity index (χ3v) is 2.73. The number of carbonyl (C=O) groups is 1. The molecule has 1 aromatic carbocycles. The van der Waals surface area contributed by atoms with Crippen molar-refractivity contribution in [3.63, 3.8) is 0 Å². The molecule has 1 N–H and O–H groups in total. The van der Waals surface area contributed by atoms with Gasteiger partial charge in [0.25, 0.3) is 0 Å². The van der Waals surface area contributed by atoms with Gasteiger partial charge >= 0.3 is 5.97 Å². The van der Waals surface area contributed by atoms with E-state index in [-0.39, 0.29) is 5.56 Å². The predicted octanol–water partition coefficient (Wildman–Crippen LogP) is 3.23. The summed E-state index contributed by atoms with van der Waals surface area (Å²) in [5.41, 5.74) is 0.949. The fraction of sp³-hybridized carbons (Fsp3) is 0.500. The zero-order valence-electron chi connectivity index (χ0n) is 11.2. The number of hydrogen-bond donors (Lipinski definition) is 1. The molecule has 0 aliphatic heterocycles. The second-order valence-electron chi connectivity index (χ2n) is 4.63. The average molecular weight is 287 g/mol. The number of ether oxygens (including phenoxy) is 2. The summed E-state index contributed by atoms with van der Waals surface area (Å²) in [7, 11) is 0. The molecule has 19 heavy (non-hydrogen) atoms.